The average molecular weight is 301 g/mol. The number of hydrogen-bond donors (Lipinski definition) is 1. The molecular formula is C17H20FN3O. The van der Waals surface area contributed by atoms with Gasteiger partial charge in [-0.25, -0.2) is 9.37 Å². The van der Waals surface area contributed by atoms with Crippen molar-refractivity contribution >= 4 is 11.7 Å². The van der Waals surface area contributed by atoms with E-state index in [1.54, 1.807) is 43.4 Å². The molecule has 116 valence electrons. The predicted octanol–water partition coefficient (Wildman–Crippen LogP) is 3.02. The third-order valence-corrected chi connectivity index (χ3v) is 3.45. The van der Waals surface area contributed by atoms with E-state index in [0.29, 0.717) is 11.4 Å². The van der Waals surface area contributed by atoms with Gasteiger partial charge in [0.2, 0.25) is 5.91 Å². The molecule has 1 N–H and O–H groups in total. The second-order valence-electron chi connectivity index (χ2n) is 5.28. The van der Waals surface area contributed by atoms with E-state index >= 15 is 0 Å². The summed E-state index contributed by atoms with van der Waals surface area (Å²) in [5.74, 6) is -0.227. The molecule has 1 amide bonds. The number of halogens is 1. The van der Waals surface area contributed by atoms with Crippen LogP contribution in [0.1, 0.15) is 24.1 Å². The molecule has 0 spiro atoms. The minimum Gasteiger partial charge on any atom is -0.309 e. The van der Waals surface area contributed by atoms with E-state index in [9.17, 15) is 9.18 Å². The van der Waals surface area contributed by atoms with Crippen LogP contribution in [-0.2, 0) is 11.2 Å². The number of hydrogen-bond acceptors (Lipinski definition) is 3. The lowest BCUT2D eigenvalue weighted by Gasteiger charge is -2.24. The Labute approximate surface area is 130 Å². The molecule has 0 saturated carbocycles. The summed E-state index contributed by atoms with van der Waals surface area (Å²) in [6.45, 7) is 2.03. The number of carbonyl (C=O) groups excluding carboxylic acids is 1. The normalized spacial score (nSPS) is 12.2. The predicted molar refractivity (Wildman–Crippen MR) is 85.1 cm³/mol. The Balaban J connectivity index is 2.26. The Morgan fingerprint density at radius 2 is 2.05 bits per heavy atom. The average Bonchev–Trinajstić information content (AvgIpc) is 2.49. The van der Waals surface area contributed by atoms with Crippen molar-refractivity contribution in [1.82, 2.24) is 9.88 Å². The topological polar surface area (TPSA) is 45.2 Å². The van der Waals surface area contributed by atoms with Crippen LogP contribution in [-0.4, -0.2) is 29.9 Å². The SMILES string of the molecule is CCc1ccnc(NC(=O)C(c2ccccc2F)N(C)C)c1. The first-order valence-corrected chi connectivity index (χ1v) is 7.19. The molecule has 0 aliphatic heterocycles. The first-order chi connectivity index (χ1) is 10.5. The molecule has 1 atom stereocenters. The zero-order valence-corrected chi connectivity index (χ0v) is 13.0. The highest BCUT2D eigenvalue weighted by Crippen LogP contribution is 2.23. The summed E-state index contributed by atoms with van der Waals surface area (Å²) in [4.78, 5) is 18.4. The summed E-state index contributed by atoms with van der Waals surface area (Å²) < 4.78 is 14.0. The molecular weight excluding hydrogens is 281 g/mol. The molecule has 1 heterocycles. The minimum atomic E-state index is -0.715. The summed E-state index contributed by atoms with van der Waals surface area (Å²) in [5.41, 5.74) is 1.43. The van der Waals surface area contributed by atoms with Gasteiger partial charge < -0.3 is 5.32 Å². The summed E-state index contributed by atoms with van der Waals surface area (Å²) in [6, 6.07) is 9.31. The monoisotopic (exact) mass is 301 g/mol. The number of aromatic nitrogens is 1. The minimum absolute atomic E-state index is 0.309. The molecule has 5 heteroatoms. The second kappa shape index (κ2) is 7.13. The Morgan fingerprint density at radius 3 is 2.68 bits per heavy atom. The van der Waals surface area contributed by atoms with Gasteiger partial charge in [-0.1, -0.05) is 25.1 Å². The lowest BCUT2D eigenvalue weighted by molar-refractivity contribution is -0.120. The highest BCUT2D eigenvalue weighted by atomic mass is 19.1. The van der Waals surface area contributed by atoms with Gasteiger partial charge in [-0.15, -0.1) is 0 Å². The lowest BCUT2D eigenvalue weighted by atomic mass is 10.0. The molecule has 0 aliphatic rings. The van der Waals surface area contributed by atoms with Crippen molar-refractivity contribution in [2.45, 2.75) is 19.4 Å². The van der Waals surface area contributed by atoms with Crippen molar-refractivity contribution in [3.05, 3.63) is 59.5 Å². The van der Waals surface area contributed by atoms with Gasteiger partial charge in [0.15, 0.2) is 0 Å². The van der Waals surface area contributed by atoms with Gasteiger partial charge in [0, 0.05) is 11.8 Å². The van der Waals surface area contributed by atoms with Gasteiger partial charge in [0.25, 0.3) is 0 Å². The van der Waals surface area contributed by atoms with Crippen molar-refractivity contribution in [2.75, 3.05) is 19.4 Å². The van der Waals surface area contributed by atoms with Crippen molar-refractivity contribution in [3.63, 3.8) is 0 Å². The molecule has 0 saturated heterocycles. The van der Waals surface area contributed by atoms with Gasteiger partial charge in [-0.3, -0.25) is 9.69 Å². The maximum atomic E-state index is 14.0. The number of rotatable bonds is 5. The summed E-state index contributed by atoms with van der Waals surface area (Å²) in [6.07, 6.45) is 2.51. The number of nitrogens with one attached hydrogen (secondary N) is 1. The Kier molecular flexibility index (Phi) is 5.22. The molecule has 1 aromatic carbocycles. The smallest absolute Gasteiger partial charge is 0.247 e. The van der Waals surface area contributed by atoms with Gasteiger partial charge in [-0.05, 0) is 44.3 Å². The van der Waals surface area contributed by atoms with Crippen LogP contribution in [0.25, 0.3) is 0 Å². The van der Waals surface area contributed by atoms with E-state index in [2.05, 4.69) is 10.3 Å². The van der Waals surface area contributed by atoms with Gasteiger partial charge in [0.1, 0.15) is 17.7 Å². The number of amides is 1. The second-order valence-corrected chi connectivity index (χ2v) is 5.28. The molecule has 1 aromatic heterocycles. The molecule has 2 rings (SSSR count). The summed E-state index contributed by atoms with van der Waals surface area (Å²) in [7, 11) is 3.49. The number of nitrogens with zero attached hydrogens (tertiary/aromatic N) is 2. The summed E-state index contributed by atoms with van der Waals surface area (Å²) in [5, 5.41) is 2.77. The van der Waals surface area contributed by atoms with Crippen molar-refractivity contribution in [1.29, 1.82) is 0 Å². The van der Waals surface area contributed by atoms with E-state index in [1.807, 2.05) is 19.1 Å². The maximum Gasteiger partial charge on any atom is 0.247 e. The first kappa shape index (κ1) is 16.1. The molecule has 0 radical (unpaired) electrons. The fraction of sp³-hybridized carbons (Fsp3) is 0.294. The summed E-state index contributed by atoms with van der Waals surface area (Å²) >= 11 is 0. The van der Waals surface area contributed by atoms with Crippen LogP contribution < -0.4 is 5.32 Å². The van der Waals surface area contributed by atoms with Crippen molar-refractivity contribution in [2.24, 2.45) is 0 Å². The van der Waals surface area contributed by atoms with Crippen LogP contribution in [0.3, 0.4) is 0 Å². The van der Waals surface area contributed by atoms with Crippen LogP contribution in [0.2, 0.25) is 0 Å². The fourth-order valence-electron chi connectivity index (χ4n) is 2.31. The van der Waals surface area contributed by atoms with Crippen LogP contribution in [0.5, 0.6) is 0 Å². The van der Waals surface area contributed by atoms with Crippen LogP contribution >= 0.6 is 0 Å². The van der Waals surface area contributed by atoms with Gasteiger partial charge in [0.05, 0.1) is 0 Å². The highest BCUT2D eigenvalue weighted by molar-refractivity contribution is 5.94. The number of benzene rings is 1. The van der Waals surface area contributed by atoms with Crippen LogP contribution in [0.15, 0.2) is 42.6 Å². The van der Waals surface area contributed by atoms with E-state index in [1.165, 1.54) is 6.07 Å². The molecule has 0 aliphatic carbocycles. The number of pyridine rings is 1. The van der Waals surface area contributed by atoms with E-state index < -0.39 is 11.9 Å². The molecule has 1 unspecified atom stereocenters. The Bertz CT molecular complexity index is 658. The third-order valence-electron chi connectivity index (χ3n) is 3.45. The Hall–Kier alpha value is -2.27. The zero-order chi connectivity index (χ0) is 16.1. The number of likely N-dealkylation sites (N-methyl/N-ethyl adjacent to an activating group) is 1. The number of aryl methyl sites for hydroxylation is 1. The van der Waals surface area contributed by atoms with Gasteiger partial charge >= 0.3 is 0 Å². The largest absolute Gasteiger partial charge is 0.309 e. The highest BCUT2D eigenvalue weighted by Gasteiger charge is 2.25. The number of carbonyl (C=O) groups is 1. The van der Waals surface area contributed by atoms with E-state index in [0.717, 1.165) is 12.0 Å². The fourth-order valence-corrected chi connectivity index (χ4v) is 2.31. The molecule has 22 heavy (non-hydrogen) atoms. The van der Waals surface area contributed by atoms with Crippen LogP contribution in [0.4, 0.5) is 10.2 Å². The standard InChI is InChI=1S/C17H20FN3O/c1-4-12-9-10-19-15(11-12)20-17(22)16(21(2)3)13-7-5-6-8-14(13)18/h5-11,16H,4H2,1-3H3,(H,19,20,22). The molecule has 0 bridgehead atoms. The van der Waals surface area contributed by atoms with Crippen LogP contribution in [0, 0.1) is 5.82 Å². The first-order valence-electron chi connectivity index (χ1n) is 7.19. The molecule has 0 fully saturated rings. The molecule has 4 nitrogen and oxygen atoms in total. The van der Waals surface area contributed by atoms with E-state index in [-0.39, 0.29) is 5.91 Å². The van der Waals surface area contributed by atoms with Crippen molar-refractivity contribution in [3.8, 4) is 0 Å². The third kappa shape index (κ3) is 3.68. The maximum absolute atomic E-state index is 14.0. The lowest BCUT2D eigenvalue weighted by Crippen LogP contribution is -2.33. The quantitative estimate of drug-likeness (QED) is 0.923. The Morgan fingerprint density at radius 1 is 1.32 bits per heavy atom. The molecule has 2 aromatic rings. The van der Waals surface area contributed by atoms with Crippen molar-refractivity contribution < 1.29 is 9.18 Å². The number of anilines is 1. The van der Waals surface area contributed by atoms with Gasteiger partial charge in [-0.2, -0.15) is 0 Å². The van der Waals surface area contributed by atoms with E-state index in [4.69, 9.17) is 0 Å². The zero-order valence-electron chi connectivity index (χ0n) is 13.0.